The lowest BCUT2D eigenvalue weighted by Crippen LogP contribution is -2.26. The van der Waals surface area contributed by atoms with Crippen molar-refractivity contribution >= 4 is 15.9 Å². The number of rotatable bonds is 9. The first kappa shape index (κ1) is 14.4. The van der Waals surface area contributed by atoms with Crippen LogP contribution in [0.1, 0.15) is 59.3 Å². The summed E-state index contributed by atoms with van der Waals surface area (Å²) in [6.45, 7) is 7.41. The van der Waals surface area contributed by atoms with Gasteiger partial charge in [-0.2, -0.15) is 0 Å². The third kappa shape index (κ3) is 9.01. The number of halogens is 1. The maximum atomic E-state index is 5.74. The van der Waals surface area contributed by atoms with E-state index < -0.39 is 0 Å². The Hall–Kier alpha value is 0.440. The van der Waals surface area contributed by atoms with Gasteiger partial charge in [-0.25, -0.2) is 0 Å². The Morgan fingerprint density at radius 3 is 2.14 bits per heavy atom. The highest BCUT2D eigenvalue weighted by atomic mass is 79.9. The molecule has 0 aromatic heterocycles. The van der Waals surface area contributed by atoms with Gasteiger partial charge in [-0.1, -0.05) is 55.0 Å². The molecule has 0 aliphatic rings. The van der Waals surface area contributed by atoms with E-state index >= 15 is 0 Å². The summed E-state index contributed by atoms with van der Waals surface area (Å²) in [6.07, 6.45) is 7.99. The Kier molecular flexibility index (Phi) is 9.00. The van der Waals surface area contributed by atoms with Crippen molar-refractivity contribution in [1.82, 2.24) is 0 Å². The Balaban J connectivity index is 3.13. The van der Waals surface area contributed by atoms with Crippen molar-refractivity contribution < 1.29 is 4.74 Å². The predicted octanol–water partition coefficient (Wildman–Crippen LogP) is 4.54. The molecule has 0 aromatic rings. The van der Waals surface area contributed by atoms with Gasteiger partial charge in [0, 0.05) is 11.9 Å². The summed E-state index contributed by atoms with van der Waals surface area (Å²) in [5.41, 5.74) is 0.00339. The fraction of sp³-hybridized carbons (Fsp3) is 1.00. The molecule has 0 radical (unpaired) electrons. The van der Waals surface area contributed by atoms with E-state index in [1.165, 1.54) is 38.5 Å². The summed E-state index contributed by atoms with van der Waals surface area (Å²) >= 11 is 3.45. The molecule has 0 unspecified atom stereocenters. The van der Waals surface area contributed by atoms with Gasteiger partial charge in [0.2, 0.25) is 0 Å². The van der Waals surface area contributed by atoms with E-state index in [0.717, 1.165) is 11.9 Å². The lowest BCUT2D eigenvalue weighted by Gasteiger charge is -2.22. The zero-order valence-corrected chi connectivity index (χ0v) is 11.5. The van der Waals surface area contributed by atoms with Crippen molar-refractivity contribution in [1.29, 1.82) is 0 Å². The summed E-state index contributed by atoms with van der Waals surface area (Å²) in [5, 5.41) is 0.913. The van der Waals surface area contributed by atoms with Gasteiger partial charge in [0.1, 0.15) is 0 Å². The fourth-order valence-corrected chi connectivity index (χ4v) is 1.43. The van der Waals surface area contributed by atoms with Crippen LogP contribution in [0.5, 0.6) is 0 Å². The van der Waals surface area contributed by atoms with Crippen molar-refractivity contribution in [3.63, 3.8) is 0 Å². The minimum Gasteiger partial charge on any atom is -0.375 e. The molecule has 0 bridgehead atoms. The van der Waals surface area contributed by atoms with Crippen LogP contribution in [0.4, 0.5) is 0 Å². The third-order valence-electron chi connectivity index (χ3n) is 2.31. The van der Waals surface area contributed by atoms with Crippen molar-refractivity contribution in [2.24, 2.45) is 0 Å². The van der Waals surface area contributed by atoms with Crippen molar-refractivity contribution in [3.05, 3.63) is 0 Å². The molecule has 86 valence electrons. The third-order valence-corrected chi connectivity index (χ3v) is 3.66. The van der Waals surface area contributed by atoms with Gasteiger partial charge in [-0.15, -0.1) is 0 Å². The zero-order chi connectivity index (χ0) is 10.9. The molecule has 0 saturated carbocycles. The Morgan fingerprint density at radius 2 is 1.57 bits per heavy atom. The molecule has 0 aromatic carbocycles. The van der Waals surface area contributed by atoms with Gasteiger partial charge >= 0.3 is 0 Å². The number of unbranched alkanes of at least 4 members (excludes halogenated alkanes) is 5. The molecule has 0 fully saturated rings. The van der Waals surface area contributed by atoms with Gasteiger partial charge < -0.3 is 4.74 Å². The minimum atomic E-state index is 0.00339. The van der Waals surface area contributed by atoms with Gasteiger partial charge in [0.25, 0.3) is 0 Å². The van der Waals surface area contributed by atoms with Crippen LogP contribution < -0.4 is 0 Å². The monoisotopic (exact) mass is 264 g/mol. The molecule has 0 aliphatic heterocycles. The van der Waals surface area contributed by atoms with Gasteiger partial charge in [0.15, 0.2) is 0 Å². The van der Waals surface area contributed by atoms with Crippen molar-refractivity contribution in [3.8, 4) is 0 Å². The number of hydrogen-bond donors (Lipinski definition) is 0. The van der Waals surface area contributed by atoms with E-state index in [0.29, 0.717) is 0 Å². The van der Waals surface area contributed by atoms with E-state index in [2.05, 4.69) is 36.7 Å². The Morgan fingerprint density at radius 1 is 1.00 bits per heavy atom. The lowest BCUT2D eigenvalue weighted by atomic mass is 10.1. The molecular formula is C12H25BrO. The van der Waals surface area contributed by atoms with Gasteiger partial charge in [-0.05, 0) is 20.3 Å². The smallest absolute Gasteiger partial charge is 0.0722 e. The molecule has 0 heterocycles. The van der Waals surface area contributed by atoms with Crippen LogP contribution in [0.25, 0.3) is 0 Å². The van der Waals surface area contributed by atoms with Crippen molar-refractivity contribution in [2.45, 2.75) is 64.9 Å². The van der Waals surface area contributed by atoms with E-state index in [1.807, 2.05) is 0 Å². The highest BCUT2D eigenvalue weighted by Crippen LogP contribution is 2.13. The molecule has 0 aliphatic carbocycles. The summed E-state index contributed by atoms with van der Waals surface area (Å²) in [5.74, 6) is 0. The summed E-state index contributed by atoms with van der Waals surface area (Å²) in [6, 6.07) is 0. The molecule has 0 saturated heterocycles. The van der Waals surface area contributed by atoms with Crippen molar-refractivity contribution in [2.75, 3.05) is 11.9 Å². The van der Waals surface area contributed by atoms with E-state index in [-0.39, 0.29) is 5.60 Å². The maximum Gasteiger partial charge on any atom is 0.0722 e. The molecule has 0 rings (SSSR count). The maximum absolute atomic E-state index is 5.74. The second-order valence-corrected chi connectivity index (χ2v) is 5.07. The van der Waals surface area contributed by atoms with Crippen LogP contribution in [0.2, 0.25) is 0 Å². The molecular weight excluding hydrogens is 240 g/mol. The molecule has 1 nitrogen and oxygen atoms in total. The van der Waals surface area contributed by atoms with Crippen LogP contribution in [-0.2, 0) is 4.74 Å². The predicted molar refractivity (Wildman–Crippen MR) is 67.2 cm³/mol. The Labute approximate surface area is 97.7 Å². The Bertz CT molecular complexity index is 123. The van der Waals surface area contributed by atoms with Gasteiger partial charge in [-0.3, -0.25) is 0 Å². The first-order chi connectivity index (χ1) is 6.62. The summed E-state index contributed by atoms with van der Waals surface area (Å²) < 4.78 is 5.74. The molecule has 2 heteroatoms. The van der Waals surface area contributed by atoms with Crippen LogP contribution >= 0.6 is 15.9 Å². The van der Waals surface area contributed by atoms with E-state index in [9.17, 15) is 0 Å². The van der Waals surface area contributed by atoms with Crippen LogP contribution in [0.3, 0.4) is 0 Å². The largest absolute Gasteiger partial charge is 0.375 e. The SMILES string of the molecule is CCCCCCCCOC(C)(C)CBr. The normalized spacial score (nSPS) is 12.0. The highest BCUT2D eigenvalue weighted by Gasteiger charge is 2.15. The second-order valence-electron chi connectivity index (χ2n) is 4.51. The average Bonchev–Trinajstić information content (AvgIpc) is 2.16. The topological polar surface area (TPSA) is 9.23 Å². The summed E-state index contributed by atoms with van der Waals surface area (Å²) in [4.78, 5) is 0. The van der Waals surface area contributed by atoms with E-state index in [1.54, 1.807) is 0 Å². The fourth-order valence-electron chi connectivity index (χ4n) is 1.27. The molecule has 0 atom stereocenters. The molecule has 14 heavy (non-hydrogen) atoms. The quantitative estimate of drug-likeness (QED) is 0.439. The van der Waals surface area contributed by atoms with Crippen LogP contribution in [0, 0.1) is 0 Å². The highest BCUT2D eigenvalue weighted by molar-refractivity contribution is 9.09. The van der Waals surface area contributed by atoms with Crippen LogP contribution in [-0.4, -0.2) is 17.5 Å². The number of alkyl halides is 1. The summed E-state index contributed by atoms with van der Waals surface area (Å²) in [7, 11) is 0. The molecule has 0 spiro atoms. The second kappa shape index (κ2) is 8.72. The molecule has 0 N–H and O–H groups in total. The first-order valence-corrected chi connectivity index (χ1v) is 6.94. The van der Waals surface area contributed by atoms with Crippen LogP contribution in [0.15, 0.2) is 0 Å². The van der Waals surface area contributed by atoms with Gasteiger partial charge in [0.05, 0.1) is 5.60 Å². The standard InChI is InChI=1S/C12H25BrO/c1-4-5-6-7-8-9-10-14-12(2,3)11-13/h4-11H2,1-3H3. The molecule has 0 amide bonds. The number of hydrogen-bond acceptors (Lipinski definition) is 1. The average molecular weight is 265 g/mol. The lowest BCUT2D eigenvalue weighted by molar-refractivity contribution is -0.000139. The first-order valence-electron chi connectivity index (χ1n) is 5.82. The zero-order valence-electron chi connectivity index (χ0n) is 9.94. The minimum absolute atomic E-state index is 0.00339. The number of ether oxygens (including phenoxy) is 1. The van der Waals surface area contributed by atoms with E-state index in [4.69, 9.17) is 4.74 Å².